The van der Waals surface area contributed by atoms with Crippen LogP contribution in [0.2, 0.25) is 0 Å². The monoisotopic (exact) mass is 389 g/mol. The van der Waals surface area contributed by atoms with E-state index in [2.05, 4.69) is 5.32 Å². The fourth-order valence-electron chi connectivity index (χ4n) is 3.05. The molecule has 2 aliphatic rings. The molecule has 2 aliphatic heterocycles. The van der Waals surface area contributed by atoms with Crippen molar-refractivity contribution in [2.45, 2.75) is 24.4 Å². The lowest BCUT2D eigenvalue weighted by molar-refractivity contribution is -0.150. The minimum Gasteiger partial charge on any atom is -0.508 e. The van der Waals surface area contributed by atoms with Gasteiger partial charge >= 0.3 is 5.97 Å². The Morgan fingerprint density at radius 3 is 2.63 bits per heavy atom. The zero-order chi connectivity index (χ0) is 19.7. The molecule has 9 heteroatoms. The SMILES string of the molecule is C/C=C/C1=C(C(=O)O)N2C(=O)C(NC(=O)C(N)c3ccc(O)cc3)C2SC1. The van der Waals surface area contributed by atoms with Crippen LogP contribution < -0.4 is 11.1 Å². The molecule has 27 heavy (non-hydrogen) atoms. The number of amides is 2. The second-order valence-corrected chi connectivity index (χ2v) is 7.25. The summed E-state index contributed by atoms with van der Waals surface area (Å²) in [5, 5.41) is 20.9. The number of carboxylic acids is 1. The molecule has 0 spiro atoms. The second kappa shape index (κ2) is 7.45. The van der Waals surface area contributed by atoms with Crippen LogP contribution in [0.3, 0.4) is 0 Å². The van der Waals surface area contributed by atoms with Gasteiger partial charge in [-0.2, -0.15) is 0 Å². The van der Waals surface area contributed by atoms with Crippen LogP contribution in [0.5, 0.6) is 5.75 Å². The number of β-lactam (4-membered cyclic amide) rings is 1. The number of aliphatic carboxylic acids is 1. The standard InChI is InChI=1S/C18H19N3O5S/c1-2-3-10-8-27-17-13(16(24)21(17)14(10)18(25)26)20-15(23)12(19)9-4-6-11(22)7-5-9/h2-7,12-13,17,22H,8,19H2,1H3,(H,20,23)(H,25,26)/b3-2+. The van der Waals surface area contributed by atoms with E-state index in [0.717, 1.165) is 0 Å². The number of phenols is 1. The van der Waals surface area contributed by atoms with Crippen LogP contribution in [0.25, 0.3) is 0 Å². The van der Waals surface area contributed by atoms with Crippen molar-refractivity contribution in [2.24, 2.45) is 5.73 Å². The average Bonchev–Trinajstić information content (AvgIpc) is 2.65. The smallest absolute Gasteiger partial charge is 0.352 e. The Balaban J connectivity index is 1.74. The predicted molar refractivity (Wildman–Crippen MR) is 99.5 cm³/mol. The van der Waals surface area contributed by atoms with E-state index in [1.807, 2.05) is 0 Å². The topological polar surface area (TPSA) is 133 Å². The number of allylic oxidation sites excluding steroid dienone is 2. The number of fused-ring (bicyclic) bond motifs is 1. The molecule has 0 radical (unpaired) electrons. The lowest BCUT2D eigenvalue weighted by Gasteiger charge is -2.49. The third-order valence-electron chi connectivity index (χ3n) is 4.40. The average molecular weight is 389 g/mol. The molecule has 0 bridgehead atoms. The number of nitrogens with zero attached hydrogens (tertiary/aromatic N) is 1. The van der Waals surface area contributed by atoms with E-state index in [9.17, 15) is 24.6 Å². The first kappa shape index (κ1) is 19.0. The van der Waals surface area contributed by atoms with Crippen molar-refractivity contribution in [2.75, 3.05) is 5.75 Å². The van der Waals surface area contributed by atoms with Gasteiger partial charge in [-0.05, 0) is 30.2 Å². The molecule has 1 fully saturated rings. The van der Waals surface area contributed by atoms with E-state index in [4.69, 9.17) is 5.73 Å². The number of thioether (sulfide) groups is 1. The summed E-state index contributed by atoms with van der Waals surface area (Å²) in [6, 6.07) is 4.06. The number of carbonyl (C=O) groups is 3. The number of rotatable bonds is 5. The van der Waals surface area contributed by atoms with Crippen molar-refractivity contribution in [3.63, 3.8) is 0 Å². The Morgan fingerprint density at radius 1 is 1.37 bits per heavy atom. The van der Waals surface area contributed by atoms with Crippen LogP contribution in [-0.2, 0) is 14.4 Å². The van der Waals surface area contributed by atoms with Gasteiger partial charge in [0, 0.05) is 5.75 Å². The molecule has 1 aromatic carbocycles. The Kier molecular flexibility index (Phi) is 5.24. The van der Waals surface area contributed by atoms with Crippen molar-refractivity contribution in [3.8, 4) is 5.75 Å². The summed E-state index contributed by atoms with van der Waals surface area (Å²) in [5.41, 5.74) is 6.93. The van der Waals surface area contributed by atoms with Crippen molar-refractivity contribution in [1.82, 2.24) is 10.2 Å². The molecule has 1 aromatic rings. The summed E-state index contributed by atoms with van der Waals surface area (Å²) in [6.45, 7) is 1.77. The summed E-state index contributed by atoms with van der Waals surface area (Å²) in [7, 11) is 0. The van der Waals surface area contributed by atoms with E-state index < -0.39 is 35.2 Å². The molecule has 2 heterocycles. The van der Waals surface area contributed by atoms with Gasteiger partial charge in [-0.1, -0.05) is 24.3 Å². The number of benzene rings is 1. The molecule has 3 unspecified atom stereocenters. The number of phenolic OH excluding ortho intramolecular Hbond substituents is 1. The van der Waals surface area contributed by atoms with Gasteiger partial charge in [0.15, 0.2) is 0 Å². The quantitative estimate of drug-likeness (QED) is 0.545. The minimum atomic E-state index is -1.17. The summed E-state index contributed by atoms with van der Waals surface area (Å²) < 4.78 is 0. The molecular weight excluding hydrogens is 370 g/mol. The molecule has 0 aromatic heterocycles. The minimum absolute atomic E-state index is 0.0461. The van der Waals surface area contributed by atoms with Gasteiger partial charge in [-0.25, -0.2) is 4.79 Å². The van der Waals surface area contributed by atoms with Gasteiger partial charge in [-0.15, -0.1) is 11.8 Å². The second-order valence-electron chi connectivity index (χ2n) is 6.14. The maximum Gasteiger partial charge on any atom is 0.352 e. The van der Waals surface area contributed by atoms with E-state index in [-0.39, 0.29) is 11.4 Å². The van der Waals surface area contributed by atoms with Gasteiger partial charge in [0.25, 0.3) is 5.91 Å². The molecule has 2 amide bonds. The molecule has 8 nitrogen and oxygen atoms in total. The summed E-state index contributed by atoms with van der Waals surface area (Å²) in [5.74, 6) is -1.71. The fourth-order valence-corrected chi connectivity index (χ4v) is 4.37. The van der Waals surface area contributed by atoms with Gasteiger partial charge in [-0.3, -0.25) is 14.5 Å². The largest absolute Gasteiger partial charge is 0.508 e. The summed E-state index contributed by atoms with van der Waals surface area (Å²) in [4.78, 5) is 37.7. The number of carboxylic acid groups (broad SMARTS) is 1. The zero-order valence-electron chi connectivity index (χ0n) is 14.5. The molecular formula is C18H19N3O5S. The fraction of sp³-hybridized carbons (Fsp3) is 0.278. The van der Waals surface area contributed by atoms with Gasteiger partial charge in [0.1, 0.15) is 28.9 Å². The molecule has 0 saturated carbocycles. The van der Waals surface area contributed by atoms with Crippen LogP contribution in [0.4, 0.5) is 0 Å². The predicted octanol–water partition coefficient (Wildman–Crippen LogP) is 0.707. The first-order valence-electron chi connectivity index (χ1n) is 8.24. The third kappa shape index (κ3) is 3.43. The van der Waals surface area contributed by atoms with Crippen molar-refractivity contribution in [1.29, 1.82) is 0 Å². The Morgan fingerprint density at radius 2 is 2.04 bits per heavy atom. The number of carbonyl (C=O) groups excluding carboxylic acids is 2. The first-order chi connectivity index (χ1) is 12.8. The van der Waals surface area contributed by atoms with Gasteiger partial charge in [0.2, 0.25) is 5.91 Å². The molecule has 1 saturated heterocycles. The molecule has 3 rings (SSSR count). The number of aromatic hydroxyl groups is 1. The first-order valence-corrected chi connectivity index (χ1v) is 9.28. The van der Waals surface area contributed by atoms with Crippen LogP contribution in [0, 0.1) is 0 Å². The molecule has 0 aliphatic carbocycles. The van der Waals surface area contributed by atoms with Gasteiger partial charge < -0.3 is 21.3 Å². The van der Waals surface area contributed by atoms with Crippen molar-refractivity contribution >= 4 is 29.5 Å². The molecule has 3 atom stereocenters. The van der Waals surface area contributed by atoms with Crippen LogP contribution in [-0.4, -0.2) is 50.1 Å². The highest BCUT2D eigenvalue weighted by molar-refractivity contribution is 8.00. The number of hydrogen-bond acceptors (Lipinski definition) is 6. The maximum atomic E-state index is 12.5. The summed E-state index contributed by atoms with van der Waals surface area (Å²) >= 11 is 1.39. The van der Waals surface area contributed by atoms with E-state index >= 15 is 0 Å². The zero-order valence-corrected chi connectivity index (χ0v) is 15.3. The highest BCUT2D eigenvalue weighted by Gasteiger charge is 2.54. The van der Waals surface area contributed by atoms with Crippen LogP contribution in [0.15, 0.2) is 47.7 Å². The molecule has 142 valence electrons. The number of hydrogen-bond donors (Lipinski definition) is 4. The normalized spacial score (nSPS) is 23.0. The summed E-state index contributed by atoms with van der Waals surface area (Å²) in [6.07, 6.45) is 3.39. The van der Waals surface area contributed by atoms with Crippen molar-refractivity contribution < 1.29 is 24.6 Å². The van der Waals surface area contributed by atoms with E-state index in [1.54, 1.807) is 19.1 Å². The highest BCUT2D eigenvalue weighted by atomic mass is 32.2. The van der Waals surface area contributed by atoms with Crippen molar-refractivity contribution in [3.05, 3.63) is 53.3 Å². The van der Waals surface area contributed by atoms with E-state index in [0.29, 0.717) is 16.9 Å². The highest BCUT2D eigenvalue weighted by Crippen LogP contribution is 2.40. The maximum absolute atomic E-state index is 12.5. The molecule has 5 N–H and O–H groups in total. The van der Waals surface area contributed by atoms with Gasteiger partial charge in [0.05, 0.1) is 0 Å². The third-order valence-corrected chi connectivity index (χ3v) is 5.70. The van der Waals surface area contributed by atoms with Crippen LogP contribution in [0.1, 0.15) is 18.5 Å². The number of nitrogens with two attached hydrogens (primary N) is 1. The van der Waals surface area contributed by atoms with E-state index in [1.165, 1.54) is 40.9 Å². The Bertz CT molecular complexity index is 849. The lowest BCUT2D eigenvalue weighted by atomic mass is 10.0. The van der Waals surface area contributed by atoms with Crippen LogP contribution >= 0.6 is 11.8 Å². The lowest BCUT2D eigenvalue weighted by Crippen LogP contribution is -2.71. The Labute approximate surface area is 159 Å². The number of nitrogens with one attached hydrogen (secondary N) is 1. The Hall–Kier alpha value is -2.78.